The molecule has 26 heavy (non-hydrogen) atoms. The summed E-state index contributed by atoms with van der Waals surface area (Å²) in [6, 6.07) is 13.4. The number of fused-ring (bicyclic) bond motifs is 1. The van der Waals surface area contributed by atoms with Crippen molar-refractivity contribution in [2.75, 3.05) is 19.8 Å². The van der Waals surface area contributed by atoms with Crippen molar-refractivity contribution >= 4 is 21.8 Å². The maximum absolute atomic E-state index is 12.0. The highest BCUT2D eigenvalue weighted by Crippen LogP contribution is 2.31. The minimum absolute atomic E-state index is 0.0518. The van der Waals surface area contributed by atoms with Gasteiger partial charge in [0.1, 0.15) is 18.5 Å². The number of carbonyl (C=O) groups excluding carboxylic acids is 1. The van der Waals surface area contributed by atoms with Crippen LogP contribution < -0.4 is 19.5 Å². The molecule has 138 valence electrons. The summed E-state index contributed by atoms with van der Waals surface area (Å²) in [6.45, 7) is 4.98. The van der Waals surface area contributed by atoms with Gasteiger partial charge in [-0.25, -0.2) is 0 Å². The number of benzene rings is 2. The molecule has 6 heteroatoms. The number of hydrogen-bond donors (Lipinski definition) is 1. The summed E-state index contributed by atoms with van der Waals surface area (Å²) in [5, 5.41) is 2.82. The lowest BCUT2D eigenvalue weighted by Crippen LogP contribution is -2.42. The monoisotopic (exact) mass is 419 g/mol. The second kappa shape index (κ2) is 8.45. The number of rotatable bonds is 6. The summed E-state index contributed by atoms with van der Waals surface area (Å²) in [4.78, 5) is 12.0. The summed E-state index contributed by atoms with van der Waals surface area (Å²) in [7, 11) is 0. The molecule has 2 aromatic carbocycles. The van der Waals surface area contributed by atoms with Gasteiger partial charge in [-0.3, -0.25) is 4.79 Å². The van der Waals surface area contributed by atoms with Crippen LogP contribution >= 0.6 is 15.9 Å². The highest BCUT2D eigenvalue weighted by atomic mass is 79.9. The van der Waals surface area contributed by atoms with Gasteiger partial charge >= 0.3 is 0 Å². The van der Waals surface area contributed by atoms with Crippen molar-refractivity contribution in [3.63, 3.8) is 0 Å². The van der Waals surface area contributed by atoms with E-state index in [1.54, 1.807) is 0 Å². The first-order valence-corrected chi connectivity index (χ1v) is 9.39. The maximum atomic E-state index is 12.0. The second-order valence-electron chi connectivity index (χ2n) is 6.43. The number of ether oxygens (including phenoxy) is 3. The van der Waals surface area contributed by atoms with Crippen LogP contribution in [-0.4, -0.2) is 31.8 Å². The molecule has 0 radical (unpaired) electrons. The maximum Gasteiger partial charge on any atom is 0.258 e. The lowest BCUT2D eigenvalue weighted by molar-refractivity contribution is -0.123. The lowest BCUT2D eigenvalue weighted by atomic mass is 10.0. The molecule has 0 aromatic heterocycles. The van der Waals surface area contributed by atoms with Gasteiger partial charge in [-0.05, 0) is 51.7 Å². The molecule has 0 saturated carbocycles. The smallest absolute Gasteiger partial charge is 0.258 e. The van der Waals surface area contributed by atoms with Gasteiger partial charge < -0.3 is 19.5 Å². The summed E-state index contributed by atoms with van der Waals surface area (Å²) in [6.07, 6.45) is -0.217. The topological polar surface area (TPSA) is 56.8 Å². The van der Waals surface area contributed by atoms with Crippen LogP contribution in [0.2, 0.25) is 0 Å². The molecular weight excluding hydrogens is 398 g/mol. The Bertz CT molecular complexity index is 778. The van der Waals surface area contributed by atoms with Crippen LogP contribution in [-0.2, 0) is 4.79 Å². The van der Waals surface area contributed by atoms with Gasteiger partial charge in [-0.1, -0.05) is 32.0 Å². The van der Waals surface area contributed by atoms with E-state index in [9.17, 15) is 4.79 Å². The third-order valence-electron chi connectivity index (χ3n) is 4.08. The zero-order valence-corrected chi connectivity index (χ0v) is 16.4. The molecule has 0 bridgehead atoms. The SMILES string of the molecule is CC(C)c1ccc(OCC(=O)NC[C@@H]2COc3ccccc3O2)c(Br)c1. The van der Waals surface area contributed by atoms with E-state index in [-0.39, 0.29) is 18.6 Å². The van der Waals surface area contributed by atoms with Crippen molar-refractivity contribution in [1.29, 1.82) is 0 Å². The standard InChI is InChI=1S/C20H22BrNO4/c1-13(2)14-7-8-17(16(21)9-14)25-12-20(23)22-10-15-11-24-18-5-3-4-6-19(18)26-15/h3-9,13,15H,10-12H2,1-2H3,(H,22,23)/t15-/m1/s1. The highest BCUT2D eigenvalue weighted by molar-refractivity contribution is 9.10. The Hall–Kier alpha value is -2.21. The van der Waals surface area contributed by atoms with Crippen molar-refractivity contribution in [1.82, 2.24) is 5.32 Å². The number of para-hydroxylation sites is 2. The van der Waals surface area contributed by atoms with E-state index in [0.717, 1.165) is 10.2 Å². The van der Waals surface area contributed by atoms with E-state index in [1.807, 2.05) is 42.5 Å². The fourth-order valence-corrected chi connectivity index (χ4v) is 3.09. The Labute approximate surface area is 161 Å². The second-order valence-corrected chi connectivity index (χ2v) is 7.29. The first-order valence-electron chi connectivity index (χ1n) is 8.60. The summed E-state index contributed by atoms with van der Waals surface area (Å²) in [5.74, 6) is 2.31. The van der Waals surface area contributed by atoms with E-state index >= 15 is 0 Å². The molecule has 1 heterocycles. The van der Waals surface area contributed by atoms with Crippen molar-refractivity contribution in [2.24, 2.45) is 0 Å². The third-order valence-corrected chi connectivity index (χ3v) is 4.70. The van der Waals surface area contributed by atoms with Gasteiger partial charge in [-0.2, -0.15) is 0 Å². The van der Waals surface area contributed by atoms with E-state index < -0.39 is 0 Å². The van der Waals surface area contributed by atoms with Crippen LogP contribution in [0, 0.1) is 0 Å². The minimum atomic E-state index is -0.217. The van der Waals surface area contributed by atoms with Gasteiger partial charge in [-0.15, -0.1) is 0 Å². The van der Waals surface area contributed by atoms with Crippen LogP contribution in [0.4, 0.5) is 0 Å². The highest BCUT2D eigenvalue weighted by Gasteiger charge is 2.21. The Morgan fingerprint density at radius 1 is 1.27 bits per heavy atom. The molecular formula is C20H22BrNO4. The van der Waals surface area contributed by atoms with E-state index in [4.69, 9.17) is 14.2 Å². The van der Waals surface area contributed by atoms with Crippen LogP contribution in [0.1, 0.15) is 25.3 Å². The molecule has 2 aromatic rings. The Morgan fingerprint density at radius 3 is 2.77 bits per heavy atom. The normalized spacial score (nSPS) is 15.6. The molecule has 0 saturated heterocycles. The zero-order valence-electron chi connectivity index (χ0n) is 14.8. The number of halogens is 1. The van der Waals surface area contributed by atoms with Gasteiger partial charge in [0, 0.05) is 0 Å². The minimum Gasteiger partial charge on any atom is -0.486 e. The van der Waals surface area contributed by atoms with Crippen molar-refractivity contribution in [3.05, 3.63) is 52.5 Å². The fourth-order valence-electron chi connectivity index (χ4n) is 2.58. The van der Waals surface area contributed by atoms with Crippen LogP contribution in [0.15, 0.2) is 46.9 Å². The number of amides is 1. The molecule has 1 amide bonds. The van der Waals surface area contributed by atoms with Gasteiger partial charge in [0.25, 0.3) is 5.91 Å². The molecule has 0 spiro atoms. The fraction of sp³-hybridized carbons (Fsp3) is 0.350. The molecule has 1 atom stereocenters. The molecule has 0 unspecified atom stereocenters. The van der Waals surface area contributed by atoms with Crippen molar-refractivity contribution in [2.45, 2.75) is 25.9 Å². The third kappa shape index (κ3) is 4.69. The molecule has 1 N–H and O–H groups in total. The Balaban J connectivity index is 1.45. The zero-order chi connectivity index (χ0) is 18.5. The Morgan fingerprint density at radius 2 is 2.04 bits per heavy atom. The number of nitrogens with one attached hydrogen (secondary N) is 1. The molecule has 5 nitrogen and oxygen atoms in total. The predicted molar refractivity (Wildman–Crippen MR) is 103 cm³/mol. The summed E-state index contributed by atoms with van der Waals surface area (Å²) < 4.78 is 17.9. The van der Waals surface area contributed by atoms with Gasteiger partial charge in [0.15, 0.2) is 18.1 Å². The predicted octanol–water partition coefficient (Wildman–Crippen LogP) is 3.91. The molecule has 1 aliphatic heterocycles. The van der Waals surface area contributed by atoms with E-state index in [1.165, 1.54) is 5.56 Å². The van der Waals surface area contributed by atoms with E-state index in [2.05, 4.69) is 35.1 Å². The average Bonchev–Trinajstić information content (AvgIpc) is 2.65. The molecule has 3 rings (SSSR count). The lowest BCUT2D eigenvalue weighted by Gasteiger charge is -2.26. The molecule has 0 aliphatic carbocycles. The first-order chi connectivity index (χ1) is 12.5. The first kappa shape index (κ1) is 18.6. The van der Waals surface area contributed by atoms with E-state index in [0.29, 0.717) is 30.6 Å². The molecule has 0 fully saturated rings. The summed E-state index contributed by atoms with van der Waals surface area (Å²) in [5.41, 5.74) is 1.21. The average molecular weight is 420 g/mol. The van der Waals surface area contributed by atoms with Crippen LogP contribution in [0.25, 0.3) is 0 Å². The summed E-state index contributed by atoms with van der Waals surface area (Å²) >= 11 is 3.49. The molecule has 1 aliphatic rings. The van der Waals surface area contributed by atoms with Gasteiger partial charge in [0.2, 0.25) is 0 Å². The largest absolute Gasteiger partial charge is 0.486 e. The quantitative estimate of drug-likeness (QED) is 0.770. The van der Waals surface area contributed by atoms with Crippen LogP contribution in [0.5, 0.6) is 17.2 Å². The van der Waals surface area contributed by atoms with Crippen LogP contribution in [0.3, 0.4) is 0 Å². The van der Waals surface area contributed by atoms with Gasteiger partial charge in [0.05, 0.1) is 11.0 Å². The number of hydrogen-bond acceptors (Lipinski definition) is 4. The van der Waals surface area contributed by atoms with Crippen molar-refractivity contribution < 1.29 is 19.0 Å². The Kier molecular flexibility index (Phi) is 6.04. The van der Waals surface area contributed by atoms with Crippen molar-refractivity contribution in [3.8, 4) is 17.2 Å². The number of carbonyl (C=O) groups is 1.